The van der Waals surface area contributed by atoms with Crippen molar-refractivity contribution in [3.05, 3.63) is 94.7 Å². The lowest BCUT2D eigenvalue weighted by Crippen LogP contribution is -2.31. The number of hydrogen-bond acceptors (Lipinski definition) is 7. The summed E-state index contributed by atoms with van der Waals surface area (Å²) in [7, 11) is 0. The number of ether oxygens (including phenoxy) is 1. The van der Waals surface area contributed by atoms with Crippen molar-refractivity contribution in [2.24, 2.45) is 5.10 Å². The third kappa shape index (κ3) is 4.47. The third-order valence-corrected chi connectivity index (χ3v) is 6.16. The lowest BCUT2D eigenvalue weighted by atomic mass is 10.1. The molecule has 0 spiro atoms. The Morgan fingerprint density at radius 2 is 2.06 bits per heavy atom. The van der Waals surface area contributed by atoms with Crippen molar-refractivity contribution in [2.45, 2.75) is 12.5 Å². The highest BCUT2D eigenvalue weighted by Gasteiger charge is 2.35. The highest BCUT2D eigenvalue weighted by Crippen LogP contribution is 2.34. The highest BCUT2D eigenvalue weighted by atomic mass is 32.1. The van der Waals surface area contributed by atoms with Crippen LogP contribution in [0.5, 0.6) is 0 Å². The molecule has 0 saturated heterocycles. The van der Waals surface area contributed by atoms with Crippen LogP contribution >= 0.6 is 11.3 Å². The quantitative estimate of drug-likeness (QED) is 0.306. The summed E-state index contributed by atoms with van der Waals surface area (Å²) in [5.74, 6) is -0.405. The van der Waals surface area contributed by atoms with Crippen LogP contribution in [0.15, 0.2) is 88.0 Å². The van der Waals surface area contributed by atoms with Crippen molar-refractivity contribution in [3.63, 3.8) is 0 Å². The second-order valence-corrected chi connectivity index (χ2v) is 8.31. The molecule has 164 valence electrons. The van der Waals surface area contributed by atoms with E-state index in [-0.39, 0.29) is 6.04 Å². The molecule has 1 aromatic carbocycles. The number of amides is 1. The molecule has 33 heavy (non-hydrogen) atoms. The Bertz CT molecular complexity index is 1340. The maximum absolute atomic E-state index is 12.9. The van der Waals surface area contributed by atoms with E-state index in [0.29, 0.717) is 12.2 Å². The average molecular weight is 458 g/mol. The zero-order valence-corrected chi connectivity index (χ0v) is 18.3. The summed E-state index contributed by atoms with van der Waals surface area (Å²) in [5.41, 5.74) is 2.38. The number of aromatic nitrogens is 1. The Balaban J connectivity index is 1.27. The van der Waals surface area contributed by atoms with E-state index in [4.69, 9.17) is 9.15 Å². The van der Waals surface area contributed by atoms with Gasteiger partial charge in [-0.05, 0) is 35.7 Å². The third-order valence-electron chi connectivity index (χ3n) is 5.24. The minimum absolute atomic E-state index is 0.374. The van der Waals surface area contributed by atoms with Crippen LogP contribution in [0, 0.1) is 0 Å². The predicted molar refractivity (Wildman–Crippen MR) is 126 cm³/mol. The number of thiophene rings is 1. The number of carbonyl (C=O) groups is 2. The van der Waals surface area contributed by atoms with E-state index in [9.17, 15) is 9.59 Å². The topological polar surface area (TPSA) is 85.0 Å². The highest BCUT2D eigenvalue weighted by molar-refractivity contribution is 7.12. The zero-order chi connectivity index (χ0) is 22.6. The largest absolute Gasteiger partial charge is 0.467 e. The van der Waals surface area contributed by atoms with Gasteiger partial charge in [0.05, 0.1) is 22.4 Å². The van der Waals surface area contributed by atoms with Crippen molar-refractivity contribution in [3.8, 4) is 0 Å². The van der Waals surface area contributed by atoms with Gasteiger partial charge < -0.3 is 9.15 Å². The van der Waals surface area contributed by atoms with Crippen LogP contribution in [0.1, 0.15) is 28.7 Å². The Hall–Kier alpha value is -4.04. The molecule has 5 rings (SSSR count). The van der Waals surface area contributed by atoms with Gasteiger partial charge >= 0.3 is 5.97 Å². The fraction of sp³-hybridized carbons (Fsp3) is 0.120. The number of hydrazone groups is 1. The molecular weight excluding hydrogens is 438 g/mol. The van der Waals surface area contributed by atoms with Crippen LogP contribution in [-0.4, -0.2) is 34.2 Å². The lowest BCUT2D eigenvalue weighted by Gasteiger charge is -2.19. The molecule has 0 bridgehead atoms. The van der Waals surface area contributed by atoms with Crippen LogP contribution in [-0.2, 0) is 14.3 Å². The maximum atomic E-state index is 12.9. The van der Waals surface area contributed by atoms with Crippen LogP contribution in [0.2, 0.25) is 0 Å². The molecular formula is C25H19N3O4S. The van der Waals surface area contributed by atoms with E-state index < -0.39 is 18.5 Å². The van der Waals surface area contributed by atoms with E-state index in [2.05, 4.69) is 10.1 Å². The van der Waals surface area contributed by atoms with Gasteiger partial charge in [0.15, 0.2) is 6.61 Å². The van der Waals surface area contributed by atoms with E-state index in [1.807, 2.05) is 53.9 Å². The van der Waals surface area contributed by atoms with Crippen LogP contribution in [0.4, 0.5) is 0 Å². The maximum Gasteiger partial charge on any atom is 0.331 e. The van der Waals surface area contributed by atoms with Gasteiger partial charge in [-0.15, -0.1) is 11.3 Å². The van der Waals surface area contributed by atoms with E-state index in [1.165, 1.54) is 11.1 Å². The first kappa shape index (κ1) is 20.8. The predicted octanol–water partition coefficient (Wildman–Crippen LogP) is 4.82. The number of benzene rings is 1. The number of rotatable bonds is 6. The standard InChI is InChI=1S/C25H19N3O4S/c29-23(16-32-24(30)11-10-18-6-1-5-17-7-2-12-26-25(17)18)28-20(21-8-3-13-31-21)15-19(27-28)22-9-4-14-33-22/h1-14,20H,15-16H2/b11-10+. The van der Waals surface area contributed by atoms with E-state index in [1.54, 1.807) is 35.9 Å². The number of carbonyl (C=O) groups excluding carboxylic acids is 2. The molecule has 4 heterocycles. The van der Waals surface area contributed by atoms with Gasteiger partial charge in [0.1, 0.15) is 11.8 Å². The van der Waals surface area contributed by atoms with Crippen LogP contribution in [0.3, 0.4) is 0 Å². The number of esters is 1. The molecule has 0 fully saturated rings. The molecule has 1 amide bonds. The zero-order valence-electron chi connectivity index (χ0n) is 17.5. The average Bonchev–Trinajstić information content (AvgIpc) is 3.62. The number of para-hydroxylation sites is 1. The normalized spacial score (nSPS) is 15.8. The van der Waals surface area contributed by atoms with Crippen molar-refractivity contribution in [1.29, 1.82) is 0 Å². The first-order valence-electron chi connectivity index (χ1n) is 10.3. The molecule has 7 nitrogen and oxygen atoms in total. The SMILES string of the molecule is O=C(/C=C/c1cccc2cccnc12)OCC(=O)N1N=C(c2cccs2)CC1c1ccco1. The molecule has 8 heteroatoms. The summed E-state index contributed by atoms with van der Waals surface area (Å²) in [5, 5.41) is 8.79. The number of hydrogen-bond donors (Lipinski definition) is 0. The van der Waals surface area contributed by atoms with Gasteiger partial charge in [0.2, 0.25) is 0 Å². The number of nitrogens with zero attached hydrogens (tertiary/aromatic N) is 3. The van der Waals surface area contributed by atoms with Gasteiger partial charge in [-0.25, -0.2) is 9.80 Å². The van der Waals surface area contributed by atoms with Crippen LogP contribution < -0.4 is 0 Å². The molecule has 0 radical (unpaired) electrons. The monoisotopic (exact) mass is 457 g/mol. The molecule has 3 aromatic heterocycles. The molecule has 0 saturated carbocycles. The van der Waals surface area contributed by atoms with Gasteiger partial charge in [0.25, 0.3) is 5.91 Å². The van der Waals surface area contributed by atoms with Gasteiger partial charge in [-0.1, -0.05) is 30.3 Å². The first-order valence-corrected chi connectivity index (χ1v) is 11.2. The Morgan fingerprint density at radius 1 is 1.15 bits per heavy atom. The second-order valence-electron chi connectivity index (χ2n) is 7.36. The molecule has 1 aliphatic rings. The fourth-order valence-corrected chi connectivity index (χ4v) is 4.42. The number of furan rings is 1. The van der Waals surface area contributed by atoms with Crippen molar-refractivity contribution in [2.75, 3.05) is 6.61 Å². The summed E-state index contributed by atoms with van der Waals surface area (Å²) in [6, 6.07) is 16.6. The Kier molecular flexibility index (Phi) is 5.82. The van der Waals surface area contributed by atoms with Gasteiger partial charge in [-0.2, -0.15) is 5.10 Å². The minimum Gasteiger partial charge on any atom is -0.467 e. The molecule has 4 aromatic rings. The van der Waals surface area contributed by atoms with E-state index in [0.717, 1.165) is 27.1 Å². The lowest BCUT2D eigenvalue weighted by molar-refractivity contribution is -0.149. The Labute approximate surface area is 193 Å². The van der Waals surface area contributed by atoms with Gasteiger partial charge in [0, 0.05) is 29.6 Å². The number of fused-ring (bicyclic) bond motifs is 1. The molecule has 1 aliphatic heterocycles. The first-order chi connectivity index (χ1) is 16.2. The van der Waals surface area contributed by atoms with Crippen molar-refractivity contribution >= 4 is 45.9 Å². The van der Waals surface area contributed by atoms with Gasteiger partial charge in [-0.3, -0.25) is 9.78 Å². The fourth-order valence-electron chi connectivity index (χ4n) is 3.70. The van der Waals surface area contributed by atoms with Crippen LogP contribution in [0.25, 0.3) is 17.0 Å². The van der Waals surface area contributed by atoms with E-state index >= 15 is 0 Å². The second kappa shape index (κ2) is 9.22. The molecule has 1 atom stereocenters. The summed E-state index contributed by atoms with van der Waals surface area (Å²) in [6.07, 6.45) is 6.73. The summed E-state index contributed by atoms with van der Waals surface area (Å²) < 4.78 is 10.7. The smallest absolute Gasteiger partial charge is 0.331 e. The number of pyridine rings is 1. The van der Waals surface area contributed by atoms with Crippen molar-refractivity contribution < 1.29 is 18.7 Å². The summed E-state index contributed by atoms with van der Waals surface area (Å²) in [4.78, 5) is 30.5. The van der Waals surface area contributed by atoms with Crippen molar-refractivity contribution in [1.82, 2.24) is 9.99 Å². The molecule has 0 N–H and O–H groups in total. The Morgan fingerprint density at radius 3 is 2.88 bits per heavy atom. The molecule has 1 unspecified atom stereocenters. The minimum atomic E-state index is -0.618. The summed E-state index contributed by atoms with van der Waals surface area (Å²) >= 11 is 1.56. The molecule has 0 aliphatic carbocycles. The summed E-state index contributed by atoms with van der Waals surface area (Å²) in [6.45, 7) is -0.421.